The molecule has 0 bridgehead atoms. The van der Waals surface area contributed by atoms with Crippen molar-refractivity contribution in [2.24, 2.45) is 50.7 Å². The number of hydrogen-bond donors (Lipinski definition) is 3. The van der Waals surface area contributed by atoms with Crippen LogP contribution in [0.3, 0.4) is 0 Å². The fourth-order valence-electron chi connectivity index (χ4n) is 11.0. The van der Waals surface area contributed by atoms with E-state index in [1.807, 2.05) is 0 Å². The lowest BCUT2D eigenvalue weighted by Gasteiger charge is -2.64. The molecule has 188 valence electrons. The minimum absolute atomic E-state index is 0.0164. The summed E-state index contributed by atoms with van der Waals surface area (Å²) >= 11 is 0. The van der Waals surface area contributed by atoms with E-state index in [0.29, 0.717) is 34.5 Å². The molecule has 3 nitrogen and oxygen atoms in total. The Balaban J connectivity index is 1.50. The van der Waals surface area contributed by atoms with Gasteiger partial charge in [-0.25, -0.2) is 0 Å². The van der Waals surface area contributed by atoms with Crippen LogP contribution in [0, 0.1) is 50.7 Å². The molecule has 0 radical (unpaired) electrons. The van der Waals surface area contributed by atoms with Crippen LogP contribution in [0.4, 0.5) is 0 Å². The Morgan fingerprint density at radius 1 is 0.758 bits per heavy atom. The van der Waals surface area contributed by atoms with Crippen molar-refractivity contribution >= 4 is 0 Å². The summed E-state index contributed by atoms with van der Waals surface area (Å²) in [6.07, 6.45) is 13.3. The van der Waals surface area contributed by atoms with E-state index < -0.39 is 0 Å². The average Bonchev–Trinajstić information content (AvgIpc) is 2.91. The molecule has 0 saturated heterocycles. The Labute approximate surface area is 202 Å². The monoisotopic (exact) mass is 458 g/mol. The van der Waals surface area contributed by atoms with Gasteiger partial charge in [0.25, 0.3) is 0 Å². The fraction of sp³-hybridized carbons (Fsp3) is 0.933. The number of hydrogen-bond acceptors (Lipinski definition) is 3. The van der Waals surface area contributed by atoms with E-state index in [4.69, 9.17) is 0 Å². The molecule has 10 atom stereocenters. The third kappa shape index (κ3) is 3.17. The van der Waals surface area contributed by atoms with Crippen LogP contribution in [0.15, 0.2) is 11.6 Å². The first-order valence-electron chi connectivity index (χ1n) is 14.0. The zero-order valence-electron chi connectivity index (χ0n) is 22.2. The van der Waals surface area contributed by atoms with Crippen LogP contribution >= 0.6 is 0 Å². The van der Waals surface area contributed by atoms with E-state index in [2.05, 4.69) is 47.6 Å². The lowest BCUT2D eigenvalue weighted by molar-refractivity contribution is -0.189. The number of allylic oxidation sites excluding steroid dienone is 2. The molecule has 0 spiro atoms. The van der Waals surface area contributed by atoms with E-state index >= 15 is 0 Å². The maximum atomic E-state index is 10.9. The molecule has 4 saturated carbocycles. The summed E-state index contributed by atoms with van der Waals surface area (Å²) in [7, 11) is 0. The summed E-state index contributed by atoms with van der Waals surface area (Å²) in [5, 5.41) is 32.2. The van der Waals surface area contributed by atoms with Crippen LogP contribution in [0.25, 0.3) is 0 Å². The van der Waals surface area contributed by atoms with Crippen molar-refractivity contribution in [2.75, 3.05) is 6.61 Å². The van der Waals surface area contributed by atoms with Gasteiger partial charge in [-0.1, -0.05) is 53.2 Å². The van der Waals surface area contributed by atoms with E-state index in [-0.39, 0.29) is 35.1 Å². The van der Waals surface area contributed by atoms with Crippen molar-refractivity contribution in [1.82, 2.24) is 0 Å². The highest BCUT2D eigenvalue weighted by Gasteiger charge is 2.63. The molecule has 5 rings (SSSR count). The maximum Gasteiger partial charge on any atom is 0.0618 e. The first kappa shape index (κ1) is 24.3. The molecule has 4 fully saturated rings. The van der Waals surface area contributed by atoms with Gasteiger partial charge in [-0.3, -0.25) is 0 Å². The molecule has 5 aliphatic rings. The summed E-state index contributed by atoms with van der Waals surface area (Å²) in [4.78, 5) is 0. The zero-order chi connectivity index (χ0) is 24.0. The first-order chi connectivity index (χ1) is 15.3. The third-order valence-corrected chi connectivity index (χ3v) is 13.0. The van der Waals surface area contributed by atoms with Crippen LogP contribution in [0.2, 0.25) is 0 Å². The van der Waals surface area contributed by atoms with E-state index in [0.717, 1.165) is 38.5 Å². The lowest BCUT2D eigenvalue weighted by Crippen LogP contribution is -2.60. The van der Waals surface area contributed by atoms with Gasteiger partial charge in [0.05, 0.1) is 18.8 Å². The van der Waals surface area contributed by atoms with Gasteiger partial charge in [-0.2, -0.15) is 0 Å². The van der Waals surface area contributed by atoms with Crippen LogP contribution in [0.5, 0.6) is 0 Å². The second-order valence-corrected chi connectivity index (χ2v) is 14.8. The molecule has 3 N–H and O–H groups in total. The second kappa shape index (κ2) is 7.56. The van der Waals surface area contributed by atoms with Crippen LogP contribution < -0.4 is 0 Å². The summed E-state index contributed by atoms with van der Waals surface area (Å²) in [6.45, 7) is 14.5. The molecular weight excluding hydrogens is 408 g/mol. The molecule has 0 heterocycles. The van der Waals surface area contributed by atoms with Gasteiger partial charge in [-0.05, 0) is 110 Å². The molecule has 0 aromatic carbocycles. The highest BCUT2D eigenvalue weighted by molar-refractivity contribution is 5.25. The van der Waals surface area contributed by atoms with Crippen molar-refractivity contribution < 1.29 is 15.3 Å². The van der Waals surface area contributed by atoms with E-state index in [1.54, 1.807) is 5.57 Å². The third-order valence-electron chi connectivity index (χ3n) is 13.0. The van der Waals surface area contributed by atoms with Gasteiger partial charge < -0.3 is 15.3 Å². The van der Waals surface area contributed by atoms with Gasteiger partial charge in [0.2, 0.25) is 0 Å². The molecule has 0 amide bonds. The standard InChI is InChI=1S/C30H50O3/c1-26(2)21-9-7-19-17-27(3)14-11-23-29(5,16-13-25(33)30(23,6)18-31)22(27)10-8-20(19)28(21,4)15-12-24(26)32/h7,20-25,31-33H,8-18H2,1-6H3/t20?,21?,22?,23?,24-,25+,27+,28-,29-,30-/m1/s1. The Hall–Kier alpha value is -0.380. The number of aliphatic hydroxyl groups is 3. The van der Waals surface area contributed by atoms with Crippen molar-refractivity contribution in [3.05, 3.63) is 11.6 Å². The molecule has 0 aromatic heterocycles. The molecular formula is C30H50O3. The zero-order valence-corrected chi connectivity index (χ0v) is 22.2. The van der Waals surface area contributed by atoms with Crippen molar-refractivity contribution in [3.63, 3.8) is 0 Å². The minimum Gasteiger partial charge on any atom is -0.396 e. The van der Waals surface area contributed by atoms with E-state index in [1.165, 1.54) is 25.7 Å². The molecule has 3 heteroatoms. The van der Waals surface area contributed by atoms with Gasteiger partial charge in [-0.15, -0.1) is 0 Å². The second-order valence-electron chi connectivity index (χ2n) is 14.8. The maximum absolute atomic E-state index is 10.9. The predicted molar refractivity (Wildman–Crippen MR) is 134 cm³/mol. The molecule has 5 aliphatic carbocycles. The normalized spacial score (nSPS) is 55.8. The molecule has 0 aromatic rings. The Bertz CT molecular complexity index is 817. The Kier molecular flexibility index (Phi) is 5.57. The Morgan fingerprint density at radius 2 is 1.42 bits per heavy atom. The summed E-state index contributed by atoms with van der Waals surface area (Å²) in [5.74, 6) is 2.25. The number of fused-ring (bicyclic) bond motifs is 6. The lowest BCUT2D eigenvalue weighted by atomic mass is 9.42. The quantitative estimate of drug-likeness (QED) is 0.415. The van der Waals surface area contributed by atoms with Crippen LogP contribution in [0.1, 0.15) is 106 Å². The van der Waals surface area contributed by atoms with Crippen molar-refractivity contribution in [2.45, 2.75) is 118 Å². The molecule has 4 unspecified atom stereocenters. The summed E-state index contributed by atoms with van der Waals surface area (Å²) in [6, 6.07) is 0. The smallest absolute Gasteiger partial charge is 0.0618 e. The average molecular weight is 459 g/mol. The van der Waals surface area contributed by atoms with Gasteiger partial charge >= 0.3 is 0 Å². The Morgan fingerprint density at radius 3 is 2.12 bits per heavy atom. The predicted octanol–water partition coefficient (Wildman–Crippen LogP) is 6.11. The van der Waals surface area contributed by atoms with Crippen molar-refractivity contribution in [1.29, 1.82) is 0 Å². The van der Waals surface area contributed by atoms with Gasteiger partial charge in [0, 0.05) is 5.41 Å². The first-order valence-corrected chi connectivity index (χ1v) is 14.0. The number of rotatable bonds is 1. The molecule has 33 heavy (non-hydrogen) atoms. The van der Waals surface area contributed by atoms with Gasteiger partial charge in [0.1, 0.15) is 0 Å². The summed E-state index contributed by atoms with van der Waals surface area (Å²) < 4.78 is 0. The highest BCUT2D eigenvalue weighted by Crippen LogP contribution is 2.70. The SMILES string of the molecule is CC1(C)C2CC=C3C[C@]4(C)CCC5[C@](C)(CC[C@H](O)[C@]5(C)CO)C4CCC3[C@@]2(C)CC[C@H]1O. The fourth-order valence-corrected chi connectivity index (χ4v) is 11.0. The highest BCUT2D eigenvalue weighted by atomic mass is 16.3. The summed E-state index contributed by atoms with van der Waals surface area (Å²) in [5.41, 5.74) is 2.15. The number of aliphatic hydroxyl groups excluding tert-OH is 3. The van der Waals surface area contributed by atoms with Gasteiger partial charge in [0.15, 0.2) is 0 Å². The van der Waals surface area contributed by atoms with Crippen LogP contribution in [-0.2, 0) is 0 Å². The topological polar surface area (TPSA) is 60.7 Å². The van der Waals surface area contributed by atoms with Crippen molar-refractivity contribution in [3.8, 4) is 0 Å². The molecule has 0 aliphatic heterocycles. The van der Waals surface area contributed by atoms with Crippen LogP contribution in [-0.4, -0.2) is 34.1 Å². The minimum atomic E-state index is -0.378. The van der Waals surface area contributed by atoms with E-state index in [9.17, 15) is 15.3 Å². The largest absolute Gasteiger partial charge is 0.396 e.